The van der Waals surface area contributed by atoms with Crippen LogP contribution in [-0.4, -0.2) is 44.2 Å². The standard InChI is InChI=1S/C4H10O5P2.CH5N3/c1-2(5)3(6)4(7)11(9)10-8;2-1(3)4/h2-8H,1H3;(H5,2,3,4)/t2-,3+,4-;/m1./s1. The van der Waals surface area contributed by atoms with Crippen molar-refractivity contribution in [3.63, 3.8) is 0 Å². The Hall–Kier alpha value is -0.330. The van der Waals surface area contributed by atoms with E-state index in [4.69, 9.17) is 25.6 Å². The predicted octanol–water partition coefficient (Wildman–Crippen LogP) is -2.59. The molecule has 0 saturated heterocycles. The van der Waals surface area contributed by atoms with Crippen LogP contribution in [0.25, 0.3) is 0 Å². The second kappa shape index (κ2) is 8.94. The predicted molar refractivity (Wildman–Crippen MR) is 55.9 cm³/mol. The Kier molecular flexibility index (Phi) is 10.2. The summed E-state index contributed by atoms with van der Waals surface area (Å²) in [6.45, 7) is 1.26. The lowest BCUT2D eigenvalue weighted by atomic mass is 10.2. The van der Waals surface area contributed by atoms with Crippen LogP contribution in [0.2, 0.25) is 0 Å². The maximum atomic E-state index is 10.6. The number of hydrogen-bond donors (Lipinski definition) is 7. The van der Waals surface area contributed by atoms with Gasteiger partial charge in [0.15, 0.2) is 5.96 Å². The first kappa shape index (κ1) is 17.1. The van der Waals surface area contributed by atoms with Crippen molar-refractivity contribution >= 4 is 21.5 Å². The molecule has 0 saturated carbocycles. The Morgan fingerprint density at radius 1 is 1.40 bits per heavy atom. The van der Waals surface area contributed by atoms with Crippen molar-refractivity contribution in [2.45, 2.75) is 25.0 Å². The van der Waals surface area contributed by atoms with Gasteiger partial charge >= 0.3 is 0 Å². The molecular weight excluding hydrogens is 244 g/mol. The summed E-state index contributed by atoms with van der Waals surface area (Å²) in [7, 11) is -2.76. The van der Waals surface area contributed by atoms with Crippen LogP contribution in [0.4, 0.5) is 0 Å². The lowest BCUT2D eigenvalue weighted by Gasteiger charge is -2.15. The monoisotopic (exact) mass is 259 g/mol. The Labute approximate surface area is 89.2 Å². The zero-order chi connectivity index (χ0) is 12.6. The van der Waals surface area contributed by atoms with Crippen LogP contribution >= 0.6 is 15.5 Å². The van der Waals surface area contributed by atoms with E-state index in [9.17, 15) is 4.89 Å². The van der Waals surface area contributed by atoms with E-state index in [1.165, 1.54) is 6.92 Å². The molecule has 1 unspecified atom stereocenters. The van der Waals surface area contributed by atoms with E-state index >= 15 is 0 Å². The van der Waals surface area contributed by atoms with Gasteiger partial charge in [0.1, 0.15) is 13.5 Å². The molecular formula is C5H15N3O5P2. The molecule has 0 bridgehead atoms. The fourth-order valence-corrected chi connectivity index (χ4v) is 1.78. The second-order valence-electron chi connectivity index (χ2n) is 2.49. The first-order chi connectivity index (χ1) is 6.73. The van der Waals surface area contributed by atoms with Crippen molar-refractivity contribution in [2.75, 3.05) is 0 Å². The fourth-order valence-electron chi connectivity index (χ4n) is 0.433. The average molecular weight is 259 g/mol. The number of guanidine groups is 1. The van der Waals surface area contributed by atoms with E-state index in [0.717, 1.165) is 0 Å². The van der Waals surface area contributed by atoms with E-state index in [1.54, 1.807) is 0 Å². The van der Waals surface area contributed by atoms with Gasteiger partial charge in [-0.1, -0.05) is 0 Å². The van der Waals surface area contributed by atoms with Crippen molar-refractivity contribution in [2.24, 2.45) is 11.5 Å². The van der Waals surface area contributed by atoms with Crippen molar-refractivity contribution in [1.82, 2.24) is 0 Å². The van der Waals surface area contributed by atoms with Crippen LogP contribution in [0.5, 0.6) is 0 Å². The maximum Gasteiger partial charge on any atom is 0.287 e. The van der Waals surface area contributed by atoms with Crippen LogP contribution < -0.4 is 16.4 Å². The summed E-state index contributed by atoms with van der Waals surface area (Å²) in [6.07, 6.45) is -2.64. The minimum atomic E-state index is -2.29. The van der Waals surface area contributed by atoms with E-state index < -0.39 is 33.6 Å². The third kappa shape index (κ3) is 9.96. The number of aliphatic hydroxyl groups excluding tert-OH is 3. The maximum absolute atomic E-state index is 10.6. The topological polar surface area (TPSA) is 180 Å². The molecule has 0 aromatic rings. The third-order valence-corrected chi connectivity index (χ3v) is 3.29. The first-order valence-corrected chi connectivity index (χ1v) is 6.57. The molecule has 0 aliphatic heterocycles. The van der Waals surface area contributed by atoms with Gasteiger partial charge in [0.05, 0.1) is 6.10 Å². The minimum absolute atomic E-state index is 0.333. The third-order valence-electron chi connectivity index (χ3n) is 1.11. The molecule has 0 aliphatic carbocycles. The summed E-state index contributed by atoms with van der Waals surface area (Å²) < 4.78 is 0. The van der Waals surface area contributed by atoms with Crippen LogP contribution in [-0.2, 0) is 0 Å². The molecule has 4 atom stereocenters. The van der Waals surface area contributed by atoms with Gasteiger partial charge in [0, 0.05) is 0 Å². The SMILES string of the molecule is C[C@@H](O)[C@H](O)[C@H](O)[P+]([O-])=PO.N=C(N)N. The average Bonchev–Trinajstić information content (AvgIpc) is 2.13. The van der Waals surface area contributed by atoms with E-state index in [1.807, 2.05) is 0 Å². The van der Waals surface area contributed by atoms with Gasteiger partial charge in [-0.25, -0.2) is 0 Å². The number of nitrogens with one attached hydrogen (secondary N) is 1. The Balaban J connectivity index is 0. The van der Waals surface area contributed by atoms with Gasteiger partial charge in [0.2, 0.25) is 5.85 Å². The Morgan fingerprint density at radius 3 is 1.93 bits per heavy atom. The van der Waals surface area contributed by atoms with Crippen LogP contribution in [0.15, 0.2) is 0 Å². The molecule has 0 aromatic carbocycles. The lowest BCUT2D eigenvalue weighted by Crippen LogP contribution is -2.34. The molecule has 0 aliphatic rings. The number of aliphatic hydroxyl groups is 3. The largest absolute Gasteiger partial charge is 0.624 e. The molecule has 10 heteroatoms. The highest BCUT2D eigenvalue weighted by atomic mass is 31.8. The van der Waals surface area contributed by atoms with Gasteiger partial charge in [0.25, 0.3) is 8.09 Å². The lowest BCUT2D eigenvalue weighted by molar-refractivity contribution is -0.165. The molecule has 0 spiro atoms. The van der Waals surface area contributed by atoms with Crippen molar-refractivity contribution in [3.8, 4) is 0 Å². The summed E-state index contributed by atoms with van der Waals surface area (Å²) >= 11 is 0. The molecule has 0 aromatic heterocycles. The summed E-state index contributed by atoms with van der Waals surface area (Å²) in [5.74, 6) is -1.91. The van der Waals surface area contributed by atoms with Gasteiger partial charge < -0.3 is 36.6 Å². The van der Waals surface area contributed by atoms with Gasteiger partial charge in [-0.05, 0) is 6.92 Å². The Morgan fingerprint density at radius 2 is 1.73 bits per heavy atom. The van der Waals surface area contributed by atoms with Crippen molar-refractivity contribution < 1.29 is 25.1 Å². The molecule has 90 valence electrons. The molecule has 0 fully saturated rings. The molecule has 0 heterocycles. The van der Waals surface area contributed by atoms with E-state index in [-0.39, 0.29) is 5.96 Å². The van der Waals surface area contributed by atoms with Crippen LogP contribution in [0.3, 0.4) is 0 Å². The Bertz CT molecular complexity index is 221. The smallest absolute Gasteiger partial charge is 0.287 e. The molecule has 15 heavy (non-hydrogen) atoms. The van der Waals surface area contributed by atoms with Gasteiger partial charge in [-0.3, -0.25) is 5.41 Å². The number of nitrogens with two attached hydrogens (primary N) is 2. The summed E-state index contributed by atoms with van der Waals surface area (Å²) in [5.41, 5.74) is 8.94. The van der Waals surface area contributed by atoms with Crippen molar-refractivity contribution in [3.05, 3.63) is 0 Å². The molecule has 0 radical (unpaired) electrons. The van der Waals surface area contributed by atoms with Crippen molar-refractivity contribution in [1.29, 1.82) is 5.41 Å². The number of rotatable bonds is 3. The molecule has 0 rings (SSSR count). The highest BCUT2D eigenvalue weighted by molar-refractivity contribution is 7.87. The second-order valence-corrected chi connectivity index (χ2v) is 5.52. The van der Waals surface area contributed by atoms with Gasteiger partial charge in [-0.15, -0.1) is 0 Å². The highest BCUT2D eigenvalue weighted by Gasteiger charge is 2.28. The van der Waals surface area contributed by atoms with Gasteiger partial charge in [-0.2, -0.15) is 0 Å². The number of hydrogen-bond acceptors (Lipinski definition) is 5. The quantitative estimate of drug-likeness (QED) is 0.165. The summed E-state index contributed by atoms with van der Waals surface area (Å²) in [5, 5.41) is 32.6. The van der Waals surface area contributed by atoms with Crippen LogP contribution in [0, 0.1) is 5.41 Å². The minimum Gasteiger partial charge on any atom is -0.624 e. The zero-order valence-corrected chi connectivity index (χ0v) is 9.77. The fraction of sp³-hybridized carbons (Fsp3) is 0.800. The normalized spacial score (nSPS) is 17.1. The van der Waals surface area contributed by atoms with E-state index in [0.29, 0.717) is 0 Å². The molecule has 9 N–H and O–H groups in total. The van der Waals surface area contributed by atoms with E-state index in [2.05, 4.69) is 11.5 Å². The molecule has 8 nitrogen and oxygen atoms in total. The highest BCUT2D eigenvalue weighted by Crippen LogP contribution is 2.31. The zero-order valence-electron chi connectivity index (χ0n) is 7.98. The first-order valence-electron chi connectivity index (χ1n) is 3.69. The summed E-state index contributed by atoms with van der Waals surface area (Å²) in [6, 6.07) is 0. The van der Waals surface area contributed by atoms with Crippen LogP contribution in [0.1, 0.15) is 6.92 Å². The summed E-state index contributed by atoms with van der Waals surface area (Å²) in [4.78, 5) is 18.9. The molecule has 0 amide bonds.